The van der Waals surface area contributed by atoms with Crippen LogP contribution in [0, 0.1) is 0 Å². The van der Waals surface area contributed by atoms with Gasteiger partial charge in [-0.2, -0.15) is 0 Å². The Morgan fingerprint density at radius 2 is 0.634 bits per heavy atom. The molecule has 3 N–H and O–H groups in total. The summed E-state index contributed by atoms with van der Waals surface area (Å²) >= 11 is 0. The zero-order valence-corrected chi connectivity index (χ0v) is 47.5. The summed E-state index contributed by atoms with van der Waals surface area (Å²) in [6.45, 7) is 4.21. The van der Waals surface area contributed by atoms with Crippen LogP contribution in [0.3, 0.4) is 0 Å². The fraction of sp³-hybridized carbons (Fsp3) is 0.776. The summed E-state index contributed by atoms with van der Waals surface area (Å²) in [5, 5.41) is 23.2. The largest absolute Gasteiger partial charge is 0.394 e. The minimum Gasteiger partial charge on any atom is -0.394 e. The molecule has 1 amide bonds. The van der Waals surface area contributed by atoms with Crippen molar-refractivity contribution in [2.45, 2.75) is 328 Å². The Bertz CT molecular complexity index is 1260. The monoisotopic (exact) mass is 988 g/mol. The molecule has 0 saturated heterocycles. The average molecular weight is 989 g/mol. The van der Waals surface area contributed by atoms with E-state index in [0.29, 0.717) is 6.42 Å². The molecule has 0 aromatic carbocycles. The Morgan fingerprint density at radius 3 is 0.986 bits per heavy atom. The maximum Gasteiger partial charge on any atom is 0.220 e. The zero-order valence-electron chi connectivity index (χ0n) is 47.5. The zero-order chi connectivity index (χ0) is 51.3. The third-order valence-electron chi connectivity index (χ3n) is 14.1. The van der Waals surface area contributed by atoms with E-state index in [1.807, 2.05) is 6.08 Å². The maximum atomic E-state index is 12.5. The molecule has 4 nitrogen and oxygen atoms in total. The van der Waals surface area contributed by atoms with Gasteiger partial charge in [0.05, 0.1) is 18.8 Å². The summed E-state index contributed by atoms with van der Waals surface area (Å²) in [5.74, 6) is -0.0759. The molecular formula is C67H121NO3. The molecule has 4 heteroatoms. The van der Waals surface area contributed by atoms with Gasteiger partial charge in [-0.25, -0.2) is 0 Å². The lowest BCUT2D eigenvalue weighted by atomic mass is 10.0. The van der Waals surface area contributed by atoms with Crippen LogP contribution in [0.4, 0.5) is 0 Å². The van der Waals surface area contributed by atoms with E-state index in [9.17, 15) is 15.0 Å². The lowest BCUT2D eigenvalue weighted by Crippen LogP contribution is -2.45. The molecule has 412 valence electrons. The average Bonchev–Trinajstić information content (AvgIpc) is 3.37. The molecule has 0 aromatic heterocycles. The predicted molar refractivity (Wildman–Crippen MR) is 317 cm³/mol. The standard InChI is InChI=1S/C67H121NO3/c1-3-5-7-9-11-13-15-17-19-21-23-25-27-29-31-33-34-35-37-39-41-43-45-47-49-51-53-55-57-59-61-63-67(71)68-65(64-69)66(70)62-60-58-56-54-52-50-48-46-44-42-40-38-36-32-30-28-26-24-22-20-18-16-14-12-10-8-6-4-2/h5,7,11,13,17,19,23,25,44,46,52,54,60,62,65-66,69-70H,3-4,6,8-10,12,14-16,18,20-22,24,26-43,45,47-51,53,55-59,61,63-64H2,1-2H3,(H,68,71)/b7-5-,13-11-,19-17-,25-23-,46-44+,54-52+,62-60+. The van der Waals surface area contributed by atoms with Crippen LogP contribution in [0.1, 0.15) is 316 Å². The third kappa shape index (κ3) is 58.3. The molecule has 0 fully saturated rings. The molecule has 2 unspecified atom stereocenters. The van der Waals surface area contributed by atoms with Gasteiger partial charge in [0.15, 0.2) is 0 Å². The molecule has 2 atom stereocenters. The fourth-order valence-corrected chi connectivity index (χ4v) is 9.38. The van der Waals surface area contributed by atoms with Gasteiger partial charge in [-0.1, -0.05) is 311 Å². The van der Waals surface area contributed by atoms with Gasteiger partial charge in [0, 0.05) is 6.42 Å². The molecule has 0 heterocycles. The minimum atomic E-state index is -0.875. The lowest BCUT2D eigenvalue weighted by Gasteiger charge is -2.19. The Morgan fingerprint density at radius 1 is 0.352 bits per heavy atom. The van der Waals surface area contributed by atoms with Crippen LogP contribution in [-0.2, 0) is 4.79 Å². The van der Waals surface area contributed by atoms with Crippen molar-refractivity contribution in [3.8, 4) is 0 Å². The van der Waals surface area contributed by atoms with Crippen LogP contribution in [0.2, 0.25) is 0 Å². The van der Waals surface area contributed by atoms with Crippen LogP contribution in [0.15, 0.2) is 85.1 Å². The number of carbonyl (C=O) groups excluding carboxylic acids is 1. The van der Waals surface area contributed by atoms with Gasteiger partial charge in [0.2, 0.25) is 5.91 Å². The molecule has 0 aromatic rings. The number of unbranched alkanes of at least 4 members (excludes halogenated alkanes) is 38. The highest BCUT2D eigenvalue weighted by molar-refractivity contribution is 5.76. The van der Waals surface area contributed by atoms with Crippen molar-refractivity contribution in [3.05, 3.63) is 85.1 Å². The number of amides is 1. The van der Waals surface area contributed by atoms with Crippen LogP contribution >= 0.6 is 0 Å². The Kier molecular flexibility index (Phi) is 59.8. The molecule has 0 aliphatic rings. The van der Waals surface area contributed by atoms with Crippen molar-refractivity contribution in [1.29, 1.82) is 0 Å². The molecule has 0 aliphatic carbocycles. The molecule has 0 radical (unpaired) electrons. The maximum absolute atomic E-state index is 12.5. The van der Waals surface area contributed by atoms with Crippen LogP contribution < -0.4 is 5.32 Å². The Labute approximate surface area is 443 Å². The second kappa shape index (κ2) is 61.9. The van der Waals surface area contributed by atoms with E-state index in [2.05, 4.69) is 92.1 Å². The van der Waals surface area contributed by atoms with Gasteiger partial charge in [-0.15, -0.1) is 0 Å². The quantitative estimate of drug-likeness (QED) is 0.0420. The van der Waals surface area contributed by atoms with Crippen molar-refractivity contribution in [1.82, 2.24) is 5.32 Å². The first-order valence-corrected chi connectivity index (χ1v) is 31.3. The first-order valence-electron chi connectivity index (χ1n) is 31.3. The highest BCUT2D eigenvalue weighted by Crippen LogP contribution is 2.17. The van der Waals surface area contributed by atoms with Crippen molar-refractivity contribution in [2.24, 2.45) is 0 Å². The number of hydrogen-bond donors (Lipinski definition) is 3. The molecule has 0 rings (SSSR count). The first kappa shape index (κ1) is 68.6. The highest BCUT2D eigenvalue weighted by atomic mass is 16.3. The van der Waals surface area contributed by atoms with Gasteiger partial charge in [0.25, 0.3) is 0 Å². The summed E-state index contributed by atoms with van der Waals surface area (Å²) < 4.78 is 0. The predicted octanol–water partition coefficient (Wildman–Crippen LogP) is 21.1. The van der Waals surface area contributed by atoms with Crippen molar-refractivity contribution < 1.29 is 15.0 Å². The second-order valence-corrected chi connectivity index (χ2v) is 21.1. The number of allylic oxidation sites excluding steroid dienone is 13. The van der Waals surface area contributed by atoms with E-state index in [1.54, 1.807) is 6.08 Å². The van der Waals surface area contributed by atoms with Gasteiger partial charge < -0.3 is 15.5 Å². The van der Waals surface area contributed by atoms with E-state index in [1.165, 1.54) is 231 Å². The number of carbonyl (C=O) groups is 1. The van der Waals surface area contributed by atoms with E-state index >= 15 is 0 Å². The molecule has 0 bridgehead atoms. The van der Waals surface area contributed by atoms with Crippen molar-refractivity contribution in [2.75, 3.05) is 6.61 Å². The number of hydrogen-bond acceptors (Lipinski definition) is 3. The minimum absolute atomic E-state index is 0.0759. The molecule has 0 aliphatic heterocycles. The van der Waals surface area contributed by atoms with E-state index in [4.69, 9.17) is 0 Å². The lowest BCUT2D eigenvalue weighted by molar-refractivity contribution is -0.123. The molecule has 0 spiro atoms. The Hall–Kier alpha value is -2.43. The Balaban J connectivity index is 3.53. The van der Waals surface area contributed by atoms with E-state index in [-0.39, 0.29) is 12.5 Å². The summed E-state index contributed by atoms with van der Waals surface area (Å²) in [7, 11) is 0. The van der Waals surface area contributed by atoms with Crippen LogP contribution in [0.25, 0.3) is 0 Å². The molecule has 0 saturated carbocycles. The van der Waals surface area contributed by atoms with Crippen molar-refractivity contribution >= 4 is 5.91 Å². The summed E-state index contributed by atoms with van der Waals surface area (Å²) in [6.07, 6.45) is 90.6. The molecule has 71 heavy (non-hydrogen) atoms. The highest BCUT2D eigenvalue weighted by Gasteiger charge is 2.18. The second-order valence-electron chi connectivity index (χ2n) is 21.1. The summed E-state index contributed by atoms with van der Waals surface area (Å²) in [6, 6.07) is -0.650. The third-order valence-corrected chi connectivity index (χ3v) is 14.1. The van der Waals surface area contributed by atoms with Gasteiger partial charge in [-0.05, 0) is 83.5 Å². The van der Waals surface area contributed by atoms with Gasteiger partial charge >= 0.3 is 0 Å². The van der Waals surface area contributed by atoms with E-state index < -0.39 is 12.1 Å². The summed E-state index contributed by atoms with van der Waals surface area (Å²) in [5.41, 5.74) is 0. The number of nitrogens with one attached hydrogen (secondary N) is 1. The smallest absolute Gasteiger partial charge is 0.220 e. The number of aliphatic hydroxyl groups excluding tert-OH is 2. The normalized spacial score (nSPS) is 13.4. The first-order chi connectivity index (χ1) is 35.2. The fourth-order valence-electron chi connectivity index (χ4n) is 9.38. The van der Waals surface area contributed by atoms with Gasteiger partial charge in [-0.3, -0.25) is 4.79 Å². The van der Waals surface area contributed by atoms with Crippen LogP contribution in [0.5, 0.6) is 0 Å². The van der Waals surface area contributed by atoms with Crippen LogP contribution in [-0.4, -0.2) is 34.9 Å². The van der Waals surface area contributed by atoms with Crippen molar-refractivity contribution in [3.63, 3.8) is 0 Å². The topological polar surface area (TPSA) is 69.6 Å². The molecular weight excluding hydrogens is 867 g/mol. The SMILES string of the molecule is CC/C=C\C/C=C\C/C=C\C/C=C\CCCCCCCCCCCCCCCCCCCCC(=O)NC(CO)C(O)/C=C/CC/C=C/CC/C=C/CCCCCCCCCCCCCCCCCCCC. The van der Waals surface area contributed by atoms with E-state index in [0.717, 1.165) is 64.2 Å². The van der Waals surface area contributed by atoms with Gasteiger partial charge in [0.1, 0.15) is 0 Å². The number of rotatable bonds is 57. The number of aliphatic hydroxyl groups is 2. The summed E-state index contributed by atoms with van der Waals surface area (Å²) in [4.78, 5) is 12.5.